The Kier molecular flexibility index (Phi) is 9.54. The lowest BCUT2D eigenvalue weighted by Crippen LogP contribution is -2.42. The fraction of sp³-hybridized carbons (Fsp3) is 0.273. The molecule has 0 atom stereocenters. The Morgan fingerprint density at radius 2 is 1.55 bits per heavy atom. The highest BCUT2D eigenvalue weighted by Crippen LogP contribution is 2.21. The number of amides is 4. The summed E-state index contributed by atoms with van der Waals surface area (Å²) in [4.78, 5) is 46.8. The van der Waals surface area contributed by atoms with Gasteiger partial charge in [0.15, 0.2) is 6.61 Å². The minimum Gasteiger partial charge on any atom is -0.457 e. The predicted octanol–water partition coefficient (Wildman–Crippen LogP) is 2.38. The van der Waals surface area contributed by atoms with Crippen LogP contribution in [0, 0.1) is 0 Å². The first-order valence-corrected chi connectivity index (χ1v) is 9.82. The van der Waals surface area contributed by atoms with Gasteiger partial charge in [0.2, 0.25) is 0 Å². The van der Waals surface area contributed by atoms with Crippen LogP contribution in [0.2, 0.25) is 0 Å². The third-order valence-electron chi connectivity index (χ3n) is 3.92. The van der Waals surface area contributed by atoms with Crippen molar-refractivity contribution in [3.8, 4) is 11.5 Å². The number of imide groups is 1. The van der Waals surface area contributed by atoms with Gasteiger partial charge in [0.05, 0.1) is 0 Å². The van der Waals surface area contributed by atoms with Crippen LogP contribution in [-0.4, -0.2) is 43.5 Å². The third-order valence-corrected chi connectivity index (χ3v) is 3.92. The van der Waals surface area contributed by atoms with E-state index < -0.39 is 37.0 Å². The number of benzene rings is 2. The van der Waals surface area contributed by atoms with Crippen LogP contribution in [0.15, 0.2) is 54.6 Å². The molecule has 2 rings (SSSR count). The Labute approximate surface area is 180 Å². The van der Waals surface area contributed by atoms with Gasteiger partial charge < -0.3 is 20.1 Å². The van der Waals surface area contributed by atoms with Crippen molar-refractivity contribution in [1.82, 2.24) is 16.0 Å². The maximum atomic E-state index is 12.1. The molecule has 0 fully saturated rings. The molecule has 164 valence electrons. The molecule has 0 aromatic heterocycles. The molecule has 9 heteroatoms. The molecule has 0 aliphatic heterocycles. The van der Waals surface area contributed by atoms with Gasteiger partial charge in [0.25, 0.3) is 11.8 Å². The summed E-state index contributed by atoms with van der Waals surface area (Å²) in [5.41, 5.74) is 0.328. The van der Waals surface area contributed by atoms with Crippen molar-refractivity contribution >= 4 is 23.8 Å². The lowest BCUT2D eigenvalue weighted by atomic mass is 10.2. The first-order valence-electron chi connectivity index (χ1n) is 9.82. The maximum absolute atomic E-state index is 12.1. The second-order valence-corrected chi connectivity index (χ2v) is 6.44. The summed E-state index contributed by atoms with van der Waals surface area (Å²) in [6, 6.07) is 14.9. The third kappa shape index (κ3) is 8.99. The maximum Gasteiger partial charge on any atom is 0.325 e. The minimum absolute atomic E-state index is 0.328. The van der Waals surface area contributed by atoms with E-state index in [1.54, 1.807) is 24.3 Å². The molecule has 9 nitrogen and oxygen atoms in total. The van der Waals surface area contributed by atoms with E-state index in [9.17, 15) is 19.2 Å². The van der Waals surface area contributed by atoms with E-state index in [0.29, 0.717) is 23.6 Å². The Bertz CT molecular complexity index is 884. The molecule has 0 bridgehead atoms. The molecule has 0 spiro atoms. The molecular weight excluding hydrogens is 402 g/mol. The van der Waals surface area contributed by atoms with Crippen molar-refractivity contribution in [3.63, 3.8) is 0 Å². The largest absolute Gasteiger partial charge is 0.457 e. The summed E-state index contributed by atoms with van der Waals surface area (Å²) in [6.07, 6.45) is 1.70. The monoisotopic (exact) mass is 427 g/mol. The minimum atomic E-state index is -0.807. The summed E-state index contributed by atoms with van der Waals surface area (Å²) in [5, 5.41) is 6.94. The predicted molar refractivity (Wildman–Crippen MR) is 113 cm³/mol. The zero-order valence-corrected chi connectivity index (χ0v) is 17.2. The zero-order chi connectivity index (χ0) is 22.5. The number of urea groups is 1. The quantitative estimate of drug-likeness (QED) is 0.395. The topological polar surface area (TPSA) is 123 Å². The van der Waals surface area contributed by atoms with Crippen LogP contribution in [0.3, 0.4) is 0 Å². The number of nitrogens with one attached hydrogen (secondary N) is 3. The van der Waals surface area contributed by atoms with Gasteiger partial charge in [0, 0.05) is 12.1 Å². The van der Waals surface area contributed by atoms with Crippen molar-refractivity contribution in [2.24, 2.45) is 0 Å². The molecule has 3 N–H and O–H groups in total. The SMILES string of the molecule is CCCCNC(=O)NC(=O)COC(=O)CNC(=O)c1ccc(Oc2ccccc2)cc1. The molecule has 0 saturated heterocycles. The molecule has 4 amide bonds. The molecular formula is C22H25N3O6. The number of hydrogen-bond acceptors (Lipinski definition) is 6. The number of rotatable bonds is 10. The Balaban J connectivity index is 1.68. The van der Waals surface area contributed by atoms with Crippen LogP contribution < -0.4 is 20.7 Å². The second kappa shape index (κ2) is 12.6. The van der Waals surface area contributed by atoms with E-state index in [0.717, 1.165) is 12.8 Å². The number of hydrogen-bond donors (Lipinski definition) is 3. The van der Waals surface area contributed by atoms with Crippen molar-refractivity contribution in [2.75, 3.05) is 19.7 Å². The summed E-state index contributed by atoms with van der Waals surface area (Å²) < 4.78 is 10.4. The van der Waals surface area contributed by atoms with Gasteiger partial charge in [-0.2, -0.15) is 0 Å². The van der Waals surface area contributed by atoms with Crippen molar-refractivity contribution in [1.29, 1.82) is 0 Å². The van der Waals surface area contributed by atoms with E-state index in [-0.39, 0.29) is 0 Å². The lowest BCUT2D eigenvalue weighted by Gasteiger charge is -2.08. The average Bonchev–Trinajstić information content (AvgIpc) is 2.77. The standard InChI is InChI=1S/C22H25N3O6/c1-2-3-13-23-22(29)25-19(26)15-30-20(27)14-24-21(28)16-9-11-18(12-10-16)31-17-7-5-4-6-8-17/h4-12H,2-3,13-15H2,1H3,(H,24,28)(H2,23,25,26,29). The van der Waals surface area contributed by atoms with E-state index in [4.69, 9.17) is 9.47 Å². The second-order valence-electron chi connectivity index (χ2n) is 6.44. The molecule has 0 saturated carbocycles. The Morgan fingerprint density at radius 1 is 0.871 bits per heavy atom. The van der Waals surface area contributed by atoms with Gasteiger partial charge in [-0.25, -0.2) is 4.79 Å². The number of ether oxygens (including phenoxy) is 2. The van der Waals surface area contributed by atoms with Gasteiger partial charge in [-0.1, -0.05) is 31.5 Å². The summed E-state index contributed by atoms with van der Waals surface area (Å²) in [7, 11) is 0. The summed E-state index contributed by atoms with van der Waals surface area (Å²) in [6.45, 7) is 1.37. The molecule has 0 aliphatic carbocycles. The van der Waals surface area contributed by atoms with Gasteiger partial charge in [-0.15, -0.1) is 0 Å². The normalized spacial score (nSPS) is 9.97. The fourth-order valence-electron chi connectivity index (χ4n) is 2.34. The van der Waals surface area contributed by atoms with Crippen LogP contribution in [0.4, 0.5) is 4.79 Å². The molecule has 0 unspecified atom stereocenters. The number of carbonyl (C=O) groups excluding carboxylic acids is 4. The van der Waals surface area contributed by atoms with Crippen LogP contribution >= 0.6 is 0 Å². The van der Waals surface area contributed by atoms with Crippen LogP contribution in [0.25, 0.3) is 0 Å². The number of unbranched alkanes of at least 4 members (excludes halogenated alkanes) is 1. The lowest BCUT2D eigenvalue weighted by molar-refractivity contribution is -0.147. The fourth-order valence-corrected chi connectivity index (χ4v) is 2.34. The van der Waals surface area contributed by atoms with Crippen LogP contribution in [0.1, 0.15) is 30.1 Å². The number of esters is 1. The highest BCUT2D eigenvalue weighted by Gasteiger charge is 2.12. The van der Waals surface area contributed by atoms with Crippen molar-refractivity contribution in [3.05, 3.63) is 60.2 Å². The smallest absolute Gasteiger partial charge is 0.325 e. The Hall–Kier alpha value is -3.88. The number of para-hydroxylation sites is 1. The molecule has 2 aromatic carbocycles. The summed E-state index contributed by atoms with van der Waals surface area (Å²) in [5.74, 6) is -0.818. The van der Waals surface area contributed by atoms with Gasteiger partial charge in [0.1, 0.15) is 18.0 Å². The van der Waals surface area contributed by atoms with Crippen molar-refractivity contribution in [2.45, 2.75) is 19.8 Å². The molecule has 31 heavy (non-hydrogen) atoms. The van der Waals surface area contributed by atoms with Gasteiger partial charge in [-0.3, -0.25) is 19.7 Å². The zero-order valence-electron chi connectivity index (χ0n) is 17.2. The first-order chi connectivity index (χ1) is 15.0. The van der Waals surface area contributed by atoms with E-state index in [1.165, 1.54) is 0 Å². The average molecular weight is 427 g/mol. The highest BCUT2D eigenvalue weighted by molar-refractivity contribution is 5.97. The molecule has 2 aromatic rings. The highest BCUT2D eigenvalue weighted by atomic mass is 16.5. The molecule has 0 aliphatic rings. The molecule has 0 heterocycles. The van der Waals surface area contributed by atoms with Gasteiger partial charge >= 0.3 is 12.0 Å². The van der Waals surface area contributed by atoms with Crippen LogP contribution in [-0.2, 0) is 14.3 Å². The summed E-state index contributed by atoms with van der Waals surface area (Å²) >= 11 is 0. The van der Waals surface area contributed by atoms with Gasteiger partial charge in [-0.05, 0) is 42.8 Å². The first kappa shape index (κ1) is 23.4. The number of carbonyl (C=O) groups is 4. The van der Waals surface area contributed by atoms with E-state index >= 15 is 0 Å². The van der Waals surface area contributed by atoms with Crippen LogP contribution in [0.5, 0.6) is 11.5 Å². The molecule has 0 radical (unpaired) electrons. The van der Waals surface area contributed by atoms with E-state index in [2.05, 4.69) is 10.6 Å². The van der Waals surface area contributed by atoms with Crippen molar-refractivity contribution < 1.29 is 28.7 Å². The van der Waals surface area contributed by atoms with E-state index in [1.807, 2.05) is 42.6 Å². The Morgan fingerprint density at radius 3 is 2.23 bits per heavy atom.